The van der Waals surface area contributed by atoms with Gasteiger partial charge in [0.15, 0.2) is 0 Å². The lowest BCUT2D eigenvalue weighted by atomic mass is 9.95. The fourth-order valence-corrected chi connectivity index (χ4v) is 1.31. The maximum Gasteiger partial charge on any atom is 0.324 e. The summed E-state index contributed by atoms with van der Waals surface area (Å²) in [6, 6.07) is -0.291. The van der Waals surface area contributed by atoms with Crippen LogP contribution in [0.5, 0.6) is 0 Å². The topological polar surface area (TPSA) is 50.4 Å². The second-order valence-corrected chi connectivity index (χ2v) is 2.76. The van der Waals surface area contributed by atoms with E-state index in [-0.39, 0.29) is 17.9 Å². The largest absolute Gasteiger partial charge is 0.468 e. The van der Waals surface area contributed by atoms with Gasteiger partial charge < -0.3 is 4.74 Å². The number of hydrogen-bond acceptors (Lipinski definition) is 4. The molecule has 1 heterocycles. The van der Waals surface area contributed by atoms with Crippen molar-refractivity contribution in [2.45, 2.75) is 12.5 Å². The van der Waals surface area contributed by atoms with Gasteiger partial charge in [-0.15, -0.1) is 6.58 Å². The highest BCUT2D eigenvalue weighted by molar-refractivity contribution is 5.76. The minimum Gasteiger partial charge on any atom is -0.468 e. The maximum absolute atomic E-state index is 11.2. The first kappa shape index (κ1) is 9.22. The Bertz CT molecular complexity index is 182. The van der Waals surface area contributed by atoms with Crippen molar-refractivity contribution in [3.63, 3.8) is 0 Å². The second kappa shape index (κ2) is 4.23. The van der Waals surface area contributed by atoms with Crippen LogP contribution in [0.3, 0.4) is 0 Å². The zero-order valence-corrected chi connectivity index (χ0v) is 7.17. The molecular weight excluding hydrogens is 156 g/mol. The molecule has 1 aliphatic heterocycles. The predicted molar refractivity (Wildman–Crippen MR) is 45.2 cm³/mol. The van der Waals surface area contributed by atoms with E-state index >= 15 is 0 Å². The lowest BCUT2D eigenvalue weighted by Crippen LogP contribution is -2.54. The van der Waals surface area contributed by atoms with Crippen LogP contribution in [0, 0.1) is 5.92 Å². The maximum atomic E-state index is 11.2. The molecule has 0 bridgehead atoms. The number of carbonyl (C=O) groups is 1. The third-order valence-electron chi connectivity index (χ3n) is 2.05. The Hall–Kier alpha value is -0.870. The molecule has 2 N–H and O–H groups in total. The van der Waals surface area contributed by atoms with Crippen molar-refractivity contribution in [1.29, 1.82) is 0 Å². The quantitative estimate of drug-likeness (QED) is 0.446. The van der Waals surface area contributed by atoms with Gasteiger partial charge in [0.25, 0.3) is 0 Å². The van der Waals surface area contributed by atoms with Crippen molar-refractivity contribution < 1.29 is 9.53 Å². The third kappa shape index (κ3) is 1.84. The van der Waals surface area contributed by atoms with E-state index in [4.69, 9.17) is 0 Å². The van der Waals surface area contributed by atoms with Gasteiger partial charge in [0.1, 0.15) is 6.04 Å². The highest BCUT2D eigenvalue weighted by atomic mass is 16.5. The molecule has 0 spiro atoms. The average molecular weight is 170 g/mol. The van der Waals surface area contributed by atoms with Gasteiger partial charge in [0.05, 0.1) is 7.11 Å². The summed E-state index contributed by atoms with van der Waals surface area (Å²) in [6.45, 7) is 4.53. The predicted octanol–water partition coefficient (Wildman–Crippen LogP) is -0.172. The SMILES string of the molecule is C=CC1CCNNC1C(=O)OC. The minimum atomic E-state index is -0.291. The highest BCUT2D eigenvalue weighted by Gasteiger charge is 2.29. The number of methoxy groups -OCH3 is 1. The van der Waals surface area contributed by atoms with E-state index in [0.29, 0.717) is 0 Å². The summed E-state index contributed by atoms with van der Waals surface area (Å²) in [5.74, 6) is -0.0780. The van der Waals surface area contributed by atoms with Crippen molar-refractivity contribution >= 4 is 5.97 Å². The Morgan fingerprint density at radius 2 is 2.50 bits per heavy atom. The number of carbonyl (C=O) groups excluding carboxylic acids is 1. The summed E-state index contributed by atoms with van der Waals surface area (Å²) in [4.78, 5) is 11.2. The molecule has 0 aromatic heterocycles. The van der Waals surface area contributed by atoms with E-state index in [0.717, 1.165) is 13.0 Å². The van der Waals surface area contributed by atoms with Gasteiger partial charge in [-0.3, -0.25) is 10.2 Å². The normalized spacial score (nSPS) is 29.4. The van der Waals surface area contributed by atoms with Gasteiger partial charge in [-0.05, 0) is 6.42 Å². The molecule has 0 aromatic rings. The smallest absolute Gasteiger partial charge is 0.324 e. The first-order chi connectivity index (χ1) is 5.79. The molecule has 4 nitrogen and oxygen atoms in total. The number of hydrazine groups is 1. The molecule has 1 aliphatic rings. The monoisotopic (exact) mass is 170 g/mol. The molecule has 1 fully saturated rings. The summed E-state index contributed by atoms with van der Waals surface area (Å²) >= 11 is 0. The first-order valence-electron chi connectivity index (χ1n) is 3.98. The van der Waals surface area contributed by atoms with Crippen LogP contribution in [-0.2, 0) is 9.53 Å². The summed E-state index contributed by atoms with van der Waals surface area (Å²) in [7, 11) is 1.39. The summed E-state index contributed by atoms with van der Waals surface area (Å²) < 4.78 is 4.63. The van der Waals surface area contributed by atoms with E-state index < -0.39 is 0 Å². The van der Waals surface area contributed by atoms with Crippen LogP contribution in [-0.4, -0.2) is 25.7 Å². The van der Waals surface area contributed by atoms with Crippen molar-refractivity contribution in [3.8, 4) is 0 Å². The molecule has 0 aromatic carbocycles. The summed E-state index contributed by atoms with van der Waals surface area (Å²) in [5, 5.41) is 0. The molecular formula is C8H14N2O2. The third-order valence-corrected chi connectivity index (χ3v) is 2.05. The molecule has 1 saturated heterocycles. The molecule has 2 atom stereocenters. The van der Waals surface area contributed by atoms with Crippen molar-refractivity contribution in [1.82, 2.24) is 10.9 Å². The standard InChI is InChI=1S/C8H14N2O2/c1-3-6-4-5-9-10-7(6)8(11)12-2/h3,6-7,9-10H,1,4-5H2,2H3. The first-order valence-corrected chi connectivity index (χ1v) is 3.98. The number of esters is 1. The minimum absolute atomic E-state index is 0.165. The summed E-state index contributed by atoms with van der Waals surface area (Å²) in [6.07, 6.45) is 2.70. The molecule has 0 saturated carbocycles. The zero-order valence-electron chi connectivity index (χ0n) is 7.17. The molecule has 4 heteroatoms. The lowest BCUT2D eigenvalue weighted by Gasteiger charge is -2.28. The highest BCUT2D eigenvalue weighted by Crippen LogP contribution is 2.13. The summed E-state index contributed by atoms with van der Waals surface area (Å²) in [5.41, 5.74) is 5.79. The van der Waals surface area contributed by atoms with Crippen LogP contribution in [0.4, 0.5) is 0 Å². The van der Waals surface area contributed by atoms with E-state index in [1.54, 1.807) is 6.08 Å². The van der Waals surface area contributed by atoms with Crippen molar-refractivity contribution in [2.24, 2.45) is 5.92 Å². The van der Waals surface area contributed by atoms with Crippen LogP contribution < -0.4 is 10.9 Å². The molecule has 0 aliphatic carbocycles. The van der Waals surface area contributed by atoms with Crippen molar-refractivity contribution in [3.05, 3.63) is 12.7 Å². The van der Waals surface area contributed by atoms with E-state index in [9.17, 15) is 4.79 Å². The molecule has 0 radical (unpaired) electrons. The van der Waals surface area contributed by atoms with Crippen molar-refractivity contribution in [2.75, 3.05) is 13.7 Å². The lowest BCUT2D eigenvalue weighted by molar-refractivity contribution is -0.145. The fourth-order valence-electron chi connectivity index (χ4n) is 1.31. The van der Waals surface area contributed by atoms with Crippen LogP contribution in [0.25, 0.3) is 0 Å². The Kier molecular flexibility index (Phi) is 3.25. The van der Waals surface area contributed by atoms with Crippen LogP contribution in [0.1, 0.15) is 6.42 Å². The zero-order chi connectivity index (χ0) is 8.97. The number of hydrogen-bond donors (Lipinski definition) is 2. The van der Waals surface area contributed by atoms with E-state index in [1.807, 2.05) is 0 Å². The second-order valence-electron chi connectivity index (χ2n) is 2.76. The van der Waals surface area contributed by atoms with E-state index in [1.165, 1.54) is 7.11 Å². The Balaban J connectivity index is 2.58. The molecule has 0 amide bonds. The number of nitrogens with one attached hydrogen (secondary N) is 2. The average Bonchev–Trinajstić information content (AvgIpc) is 2.16. The Morgan fingerprint density at radius 1 is 1.75 bits per heavy atom. The van der Waals surface area contributed by atoms with Crippen LogP contribution in [0.2, 0.25) is 0 Å². The Morgan fingerprint density at radius 3 is 3.08 bits per heavy atom. The molecule has 12 heavy (non-hydrogen) atoms. The number of rotatable bonds is 2. The van der Waals surface area contributed by atoms with Gasteiger partial charge >= 0.3 is 5.97 Å². The van der Waals surface area contributed by atoms with Crippen LogP contribution in [0.15, 0.2) is 12.7 Å². The molecule has 1 rings (SSSR count). The molecule has 68 valence electrons. The van der Waals surface area contributed by atoms with Gasteiger partial charge in [0.2, 0.25) is 0 Å². The van der Waals surface area contributed by atoms with Gasteiger partial charge in [-0.1, -0.05) is 6.08 Å². The van der Waals surface area contributed by atoms with Gasteiger partial charge in [0, 0.05) is 12.5 Å². The Labute approximate surface area is 71.9 Å². The van der Waals surface area contributed by atoms with Gasteiger partial charge in [-0.25, -0.2) is 5.43 Å². The van der Waals surface area contributed by atoms with E-state index in [2.05, 4.69) is 22.2 Å². The number of ether oxygens (including phenoxy) is 1. The fraction of sp³-hybridized carbons (Fsp3) is 0.625. The molecule has 2 unspecified atom stereocenters. The van der Waals surface area contributed by atoms with Crippen LogP contribution >= 0.6 is 0 Å². The van der Waals surface area contributed by atoms with Gasteiger partial charge in [-0.2, -0.15) is 0 Å².